The van der Waals surface area contributed by atoms with Gasteiger partial charge in [-0.25, -0.2) is 8.42 Å². The maximum Gasteiger partial charge on any atom is 0.252 e. The zero-order chi connectivity index (χ0) is 18.2. The minimum atomic E-state index is -3.43. The molecule has 1 spiro atoms. The number of aromatic nitrogens is 3. The number of aryl methyl sites for hydroxylation is 1. The van der Waals surface area contributed by atoms with Gasteiger partial charge in [0.15, 0.2) is 0 Å². The van der Waals surface area contributed by atoms with Crippen molar-refractivity contribution >= 4 is 21.4 Å². The van der Waals surface area contributed by atoms with Crippen molar-refractivity contribution in [3.8, 4) is 0 Å². The van der Waals surface area contributed by atoms with Gasteiger partial charge in [0, 0.05) is 25.6 Å². The molecule has 4 rings (SSSR count). The highest BCUT2D eigenvalue weighted by Gasteiger charge is 2.52. The Hall–Kier alpha value is -1.25. The Morgan fingerprint density at radius 1 is 1.31 bits per heavy atom. The minimum absolute atomic E-state index is 0.00110. The van der Waals surface area contributed by atoms with Crippen LogP contribution in [0.3, 0.4) is 0 Å². The predicted octanol–water partition coefficient (Wildman–Crippen LogP) is 3.49. The van der Waals surface area contributed by atoms with Crippen molar-refractivity contribution in [3.05, 3.63) is 29.7 Å². The highest BCUT2D eigenvalue weighted by molar-refractivity contribution is 7.91. The third kappa shape index (κ3) is 3.01. The van der Waals surface area contributed by atoms with Gasteiger partial charge in [0.05, 0.1) is 0 Å². The molecule has 2 aromatic heterocycles. The van der Waals surface area contributed by atoms with Crippen LogP contribution < -0.4 is 0 Å². The molecular formula is C18H26N4O2S2. The second-order valence-electron chi connectivity index (χ2n) is 7.59. The summed E-state index contributed by atoms with van der Waals surface area (Å²) in [7, 11) is -3.43. The molecule has 0 radical (unpaired) electrons. The monoisotopic (exact) mass is 394 g/mol. The normalized spacial score (nSPS) is 23.7. The van der Waals surface area contributed by atoms with E-state index in [1.165, 1.54) is 30.6 Å². The molecule has 0 bridgehead atoms. The lowest BCUT2D eigenvalue weighted by Crippen LogP contribution is -2.34. The van der Waals surface area contributed by atoms with Crippen molar-refractivity contribution in [2.45, 2.75) is 62.1 Å². The Labute approximate surface area is 159 Å². The standard InChI is InChI=1S/C18H26N4O2S2/c1-2-10-21-14-19-20-17(21)15-12-22(13-18(15)8-4-3-5-9-18)26(23,24)16-7-6-11-25-16/h6-7,11,14-15H,2-5,8-10,12-13H2,1H3. The third-order valence-corrected chi connectivity index (χ3v) is 9.16. The minimum Gasteiger partial charge on any atom is -0.317 e. The van der Waals surface area contributed by atoms with Gasteiger partial charge in [0.2, 0.25) is 0 Å². The van der Waals surface area contributed by atoms with Gasteiger partial charge in [-0.15, -0.1) is 21.5 Å². The first-order valence-corrected chi connectivity index (χ1v) is 11.8. The summed E-state index contributed by atoms with van der Waals surface area (Å²) in [5.74, 6) is 1.10. The van der Waals surface area contributed by atoms with E-state index < -0.39 is 10.0 Å². The molecule has 0 N–H and O–H groups in total. The summed E-state index contributed by atoms with van der Waals surface area (Å²) in [5.41, 5.74) is 0.00110. The number of rotatable bonds is 5. The Kier molecular flexibility index (Phi) is 4.92. The molecule has 8 heteroatoms. The Balaban J connectivity index is 1.71. The van der Waals surface area contributed by atoms with E-state index >= 15 is 0 Å². The quantitative estimate of drug-likeness (QED) is 0.778. The van der Waals surface area contributed by atoms with E-state index in [0.717, 1.165) is 31.6 Å². The van der Waals surface area contributed by atoms with E-state index in [0.29, 0.717) is 17.3 Å². The van der Waals surface area contributed by atoms with E-state index in [2.05, 4.69) is 21.7 Å². The lowest BCUT2D eigenvalue weighted by molar-refractivity contribution is 0.176. The largest absolute Gasteiger partial charge is 0.317 e. The SMILES string of the molecule is CCCn1cnnc1C1CN(S(=O)(=O)c2cccs2)CC12CCCCC2. The van der Waals surface area contributed by atoms with Gasteiger partial charge in [-0.3, -0.25) is 0 Å². The van der Waals surface area contributed by atoms with Crippen LogP contribution in [0.15, 0.2) is 28.0 Å². The second-order valence-corrected chi connectivity index (χ2v) is 10.7. The van der Waals surface area contributed by atoms with Crippen LogP contribution in [-0.2, 0) is 16.6 Å². The lowest BCUT2D eigenvalue weighted by Gasteiger charge is -2.37. The number of sulfonamides is 1. The van der Waals surface area contributed by atoms with E-state index in [1.807, 2.05) is 5.38 Å². The maximum atomic E-state index is 13.1. The predicted molar refractivity (Wildman–Crippen MR) is 102 cm³/mol. The van der Waals surface area contributed by atoms with Crippen LogP contribution in [0.25, 0.3) is 0 Å². The van der Waals surface area contributed by atoms with Crippen LogP contribution >= 0.6 is 11.3 Å². The number of nitrogens with zero attached hydrogens (tertiary/aromatic N) is 4. The molecule has 1 atom stereocenters. The molecule has 2 fully saturated rings. The summed E-state index contributed by atoms with van der Waals surface area (Å²) in [5, 5.41) is 10.4. The van der Waals surface area contributed by atoms with Gasteiger partial charge in [0.1, 0.15) is 16.4 Å². The Bertz CT molecular complexity index is 838. The topological polar surface area (TPSA) is 68.1 Å². The summed E-state index contributed by atoms with van der Waals surface area (Å²) >= 11 is 1.30. The van der Waals surface area contributed by atoms with Crippen LogP contribution in [0.2, 0.25) is 0 Å². The smallest absolute Gasteiger partial charge is 0.252 e. The zero-order valence-corrected chi connectivity index (χ0v) is 16.8. The third-order valence-electron chi connectivity index (χ3n) is 5.98. The molecule has 0 amide bonds. The molecule has 0 aromatic carbocycles. The van der Waals surface area contributed by atoms with Crippen molar-refractivity contribution in [3.63, 3.8) is 0 Å². The molecule has 2 aromatic rings. The molecule has 1 aliphatic heterocycles. The van der Waals surface area contributed by atoms with Gasteiger partial charge < -0.3 is 4.57 Å². The Morgan fingerprint density at radius 2 is 2.12 bits per heavy atom. The average Bonchev–Trinajstić information content (AvgIpc) is 3.36. The molecule has 142 valence electrons. The van der Waals surface area contributed by atoms with Crippen molar-refractivity contribution in [1.29, 1.82) is 0 Å². The highest BCUT2D eigenvalue weighted by Crippen LogP contribution is 2.52. The number of hydrogen-bond donors (Lipinski definition) is 0. The molecule has 26 heavy (non-hydrogen) atoms. The molecule has 1 unspecified atom stereocenters. The first-order valence-electron chi connectivity index (χ1n) is 9.48. The summed E-state index contributed by atoms with van der Waals surface area (Å²) in [6.07, 6.45) is 8.55. The van der Waals surface area contributed by atoms with Crippen molar-refractivity contribution < 1.29 is 8.42 Å². The summed E-state index contributed by atoms with van der Waals surface area (Å²) in [4.78, 5) is 0. The molecule has 3 heterocycles. The number of thiophene rings is 1. The van der Waals surface area contributed by atoms with Gasteiger partial charge in [-0.2, -0.15) is 4.31 Å². The summed E-state index contributed by atoms with van der Waals surface area (Å²) in [6, 6.07) is 3.51. The van der Waals surface area contributed by atoms with Crippen LogP contribution in [0.1, 0.15) is 57.2 Å². The molecule has 2 aliphatic rings. The van der Waals surface area contributed by atoms with Gasteiger partial charge in [-0.05, 0) is 36.1 Å². The van der Waals surface area contributed by atoms with Crippen LogP contribution in [0, 0.1) is 5.41 Å². The average molecular weight is 395 g/mol. The van der Waals surface area contributed by atoms with Crippen molar-refractivity contribution in [2.75, 3.05) is 13.1 Å². The summed E-state index contributed by atoms with van der Waals surface area (Å²) < 4.78 is 30.6. The van der Waals surface area contributed by atoms with Gasteiger partial charge in [-0.1, -0.05) is 32.3 Å². The van der Waals surface area contributed by atoms with Crippen molar-refractivity contribution in [1.82, 2.24) is 19.1 Å². The highest BCUT2D eigenvalue weighted by atomic mass is 32.2. The Morgan fingerprint density at radius 3 is 2.81 bits per heavy atom. The van der Waals surface area contributed by atoms with E-state index in [4.69, 9.17) is 0 Å². The first kappa shape index (κ1) is 18.1. The van der Waals surface area contributed by atoms with Gasteiger partial charge in [0.25, 0.3) is 10.0 Å². The second kappa shape index (κ2) is 7.05. The van der Waals surface area contributed by atoms with Crippen molar-refractivity contribution in [2.24, 2.45) is 5.41 Å². The summed E-state index contributed by atoms with van der Waals surface area (Å²) in [6.45, 7) is 4.15. The number of hydrogen-bond acceptors (Lipinski definition) is 5. The molecule has 1 saturated heterocycles. The van der Waals surface area contributed by atoms with Crippen LogP contribution in [0.4, 0.5) is 0 Å². The fourth-order valence-electron chi connectivity index (χ4n) is 4.71. The van der Waals surface area contributed by atoms with E-state index in [-0.39, 0.29) is 11.3 Å². The fraction of sp³-hybridized carbons (Fsp3) is 0.667. The maximum absolute atomic E-state index is 13.1. The molecular weight excluding hydrogens is 368 g/mol. The lowest BCUT2D eigenvalue weighted by atomic mass is 9.67. The molecule has 1 aliphatic carbocycles. The molecule has 6 nitrogen and oxygen atoms in total. The van der Waals surface area contributed by atoms with Gasteiger partial charge >= 0.3 is 0 Å². The zero-order valence-electron chi connectivity index (χ0n) is 15.2. The van der Waals surface area contributed by atoms with Crippen LogP contribution in [0.5, 0.6) is 0 Å². The first-order chi connectivity index (χ1) is 12.6. The van der Waals surface area contributed by atoms with Crippen LogP contribution in [-0.4, -0.2) is 40.6 Å². The molecule has 1 saturated carbocycles. The van der Waals surface area contributed by atoms with E-state index in [1.54, 1.807) is 22.8 Å². The fourth-order valence-corrected chi connectivity index (χ4v) is 7.40. The van der Waals surface area contributed by atoms with E-state index in [9.17, 15) is 8.42 Å².